The van der Waals surface area contributed by atoms with Crippen molar-refractivity contribution in [2.24, 2.45) is 0 Å². The van der Waals surface area contributed by atoms with Crippen LogP contribution in [0.25, 0.3) is 0 Å². The summed E-state index contributed by atoms with van der Waals surface area (Å²) in [4.78, 5) is 22.4. The second kappa shape index (κ2) is 4.52. The van der Waals surface area contributed by atoms with E-state index in [2.05, 4.69) is 15.5 Å². The third-order valence-electron chi connectivity index (χ3n) is 2.12. The highest BCUT2D eigenvalue weighted by atomic mass is 16.4. The molecule has 0 fully saturated rings. The van der Waals surface area contributed by atoms with Crippen molar-refractivity contribution in [3.63, 3.8) is 0 Å². The molecule has 2 aromatic heterocycles. The number of H-pyrrole nitrogens is 1. The quantitative estimate of drug-likeness (QED) is 0.719. The monoisotopic (exact) mass is 234 g/mol. The van der Waals surface area contributed by atoms with Crippen molar-refractivity contribution in [2.45, 2.75) is 6.54 Å². The Balaban J connectivity index is 2.14. The minimum atomic E-state index is -1.00. The zero-order valence-corrected chi connectivity index (χ0v) is 8.75. The van der Waals surface area contributed by atoms with E-state index in [1.807, 2.05) is 0 Å². The fourth-order valence-corrected chi connectivity index (χ4v) is 1.42. The topological polar surface area (TPSA) is 100 Å². The molecule has 2 rings (SSSR count). The largest absolute Gasteiger partial charge is 0.480 e. The zero-order chi connectivity index (χ0) is 12.3. The molecule has 3 N–H and O–H groups in total. The summed E-state index contributed by atoms with van der Waals surface area (Å²) in [6.45, 7) is -0.249. The Kier molecular flexibility index (Phi) is 2.91. The van der Waals surface area contributed by atoms with E-state index < -0.39 is 5.97 Å². The summed E-state index contributed by atoms with van der Waals surface area (Å²) in [6, 6.07) is 3.17. The Morgan fingerprint density at radius 1 is 1.53 bits per heavy atom. The molecular formula is C10H10N4O3. The highest BCUT2D eigenvalue weighted by Crippen LogP contribution is 2.07. The summed E-state index contributed by atoms with van der Waals surface area (Å²) in [5.74, 6) is -1.38. The Morgan fingerprint density at radius 3 is 3.00 bits per heavy atom. The number of carbonyl (C=O) groups is 2. The first-order chi connectivity index (χ1) is 8.16. The Bertz CT molecular complexity index is 530. The second-order valence-corrected chi connectivity index (χ2v) is 3.36. The number of aromatic amines is 1. The van der Waals surface area contributed by atoms with E-state index in [1.54, 1.807) is 18.3 Å². The molecule has 0 atom stereocenters. The van der Waals surface area contributed by atoms with Crippen molar-refractivity contribution in [3.8, 4) is 0 Å². The number of amides is 1. The fraction of sp³-hybridized carbons (Fsp3) is 0.100. The predicted molar refractivity (Wildman–Crippen MR) is 58.6 cm³/mol. The van der Waals surface area contributed by atoms with Crippen LogP contribution in [0, 0.1) is 0 Å². The number of aromatic nitrogens is 3. The number of hydrogen-bond acceptors (Lipinski definition) is 3. The number of hydrogen-bond donors (Lipinski definition) is 3. The number of carbonyl (C=O) groups excluding carboxylic acids is 1. The number of aliphatic carboxylic acids is 1. The highest BCUT2D eigenvalue weighted by molar-refractivity contribution is 6.03. The Hall–Kier alpha value is -2.57. The third-order valence-corrected chi connectivity index (χ3v) is 2.12. The maximum absolute atomic E-state index is 11.8. The molecule has 7 heteroatoms. The van der Waals surface area contributed by atoms with Crippen LogP contribution in [0.2, 0.25) is 0 Å². The van der Waals surface area contributed by atoms with Gasteiger partial charge in [-0.2, -0.15) is 5.10 Å². The summed E-state index contributed by atoms with van der Waals surface area (Å²) in [5, 5.41) is 17.5. The van der Waals surface area contributed by atoms with Gasteiger partial charge in [-0.15, -0.1) is 0 Å². The average molecular weight is 234 g/mol. The molecule has 0 aliphatic heterocycles. The standard InChI is InChI=1S/C10H10N4O3/c15-9(16)6-14-3-1-2-8(14)10(17)13-7-4-11-12-5-7/h1-5H,6H2,(H,11,12)(H,13,17)(H,15,16). The minimum Gasteiger partial charge on any atom is -0.480 e. The van der Waals surface area contributed by atoms with Crippen molar-refractivity contribution in [2.75, 3.05) is 5.32 Å². The first kappa shape index (κ1) is 10.9. The summed E-state index contributed by atoms with van der Waals surface area (Å²) in [5.41, 5.74) is 0.812. The van der Waals surface area contributed by atoms with Crippen molar-refractivity contribution in [1.29, 1.82) is 0 Å². The van der Waals surface area contributed by atoms with Crippen LogP contribution >= 0.6 is 0 Å². The van der Waals surface area contributed by atoms with Gasteiger partial charge in [0.2, 0.25) is 0 Å². The number of nitrogens with one attached hydrogen (secondary N) is 2. The molecule has 0 saturated heterocycles. The molecule has 88 valence electrons. The molecule has 7 nitrogen and oxygen atoms in total. The molecule has 2 heterocycles. The molecule has 0 bridgehead atoms. The fourth-order valence-electron chi connectivity index (χ4n) is 1.42. The first-order valence-corrected chi connectivity index (χ1v) is 4.84. The van der Waals surface area contributed by atoms with Gasteiger partial charge in [0.05, 0.1) is 11.9 Å². The van der Waals surface area contributed by atoms with Gasteiger partial charge < -0.3 is 15.0 Å². The SMILES string of the molecule is O=C(O)Cn1cccc1C(=O)Nc1cn[nH]c1. The lowest BCUT2D eigenvalue weighted by molar-refractivity contribution is -0.137. The van der Waals surface area contributed by atoms with E-state index in [1.165, 1.54) is 17.0 Å². The number of anilines is 1. The molecule has 0 saturated carbocycles. The van der Waals surface area contributed by atoms with Crippen molar-refractivity contribution in [1.82, 2.24) is 14.8 Å². The molecule has 0 aromatic carbocycles. The summed E-state index contributed by atoms with van der Waals surface area (Å²) in [6.07, 6.45) is 4.53. The molecule has 0 aliphatic carbocycles. The normalized spacial score (nSPS) is 10.1. The highest BCUT2D eigenvalue weighted by Gasteiger charge is 2.12. The molecule has 2 aromatic rings. The number of carboxylic acids is 1. The van der Waals surface area contributed by atoms with Gasteiger partial charge in [-0.1, -0.05) is 0 Å². The van der Waals surface area contributed by atoms with Crippen LogP contribution in [-0.2, 0) is 11.3 Å². The lowest BCUT2D eigenvalue weighted by Gasteiger charge is -2.06. The lowest BCUT2D eigenvalue weighted by atomic mass is 10.4. The predicted octanol–water partition coefficient (Wildman–Crippen LogP) is 0.548. The average Bonchev–Trinajstić information content (AvgIpc) is 2.87. The minimum absolute atomic E-state index is 0.249. The van der Waals surface area contributed by atoms with Crippen molar-refractivity contribution in [3.05, 3.63) is 36.4 Å². The molecule has 1 amide bonds. The number of rotatable bonds is 4. The maximum atomic E-state index is 11.8. The Labute approximate surface area is 96.1 Å². The van der Waals surface area contributed by atoms with Crippen LogP contribution in [0.5, 0.6) is 0 Å². The Morgan fingerprint density at radius 2 is 2.35 bits per heavy atom. The van der Waals surface area contributed by atoms with E-state index in [9.17, 15) is 9.59 Å². The third kappa shape index (κ3) is 2.51. The van der Waals surface area contributed by atoms with E-state index in [4.69, 9.17) is 5.11 Å². The zero-order valence-electron chi connectivity index (χ0n) is 8.75. The van der Waals surface area contributed by atoms with Crippen LogP contribution < -0.4 is 5.32 Å². The number of nitrogens with zero attached hydrogens (tertiary/aromatic N) is 2. The molecule has 0 aliphatic rings. The molecule has 17 heavy (non-hydrogen) atoms. The van der Waals surface area contributed by atoms with Gasteiger partial charge in [0.1, 0.15) is 12.2 Å². The van der Waals surface area contributed by atoms with E-state index in [0.717, 1.165) is 0 Å². The van der Waals surface area contributed by atoms with Crippen molar-refractivity contribution >= 4 is 17.6 Å². The van der Waals surface area contributed by atoms with Gasteiger partial charge in [-0.25, -0.2) is 0 Å². The second-order valence-electron chi connectivity index (χ2n) is 3.36. The van der Waals surface area contributed by atoms with E-state index in [-0.39, 0.29) is 18.1 Å². The van der Waals surface area contributed by atoms with Gasteiger partial charge in [0, 0.05) is 12.4 Å². The number of carboxylic acid groups (broad SMARTS) is 1. The van der Waals surface area contributed by atoms with Crippen LogP contribution in [0.15, 0.2) is 30.7 Å². The molecular weight excluding hydrogens is 224 g/mol. The van der Waals surface area contributed by atoms with Crippen LogP contribution in [-0.4, -0.2) is 31.7 Å². The van der Waals surface area contributed by atoms with Gasteiger partial charge in [-0.3, -0.25) is 14.7 Å². The molecule has 0 radical (unpaired) electrons. The summed E-state index contributed by atoms with van der Waals surface area (Å²) < 4.78 is 1.36. The van der Waals surface area contributed by atoms with Crippen LogP contribution in [0.4, 0.5) is 5.69 Å². The van der Waals surface area contributed by atoms with Gasteiger partial charge in [-0.05, 0) is 12.1 Å². The summed E-state index contributed by atoms with van der Waals surface area (Å²) >= 11 is 0. The van der Waals surface area contributed by atoms with Crippen LogP contribution in [0.1, 0.15) is 10.5 Å². The smallest absolute Gasteiger partial charge is 0.323 e. The van der Waals surface area contributed by atoms with Crippen LogP contribution in [0.3, 0.4) is 0 Å². The molecule has 0 unspecified atom stereocenters. The van der Waals surface area contributed by atoms with Gasteiger partial charge >= 0.3 is 5.97 Å². The van der Waals surface area contributed by atoms with Crippen molar-refractivity contribution < 1.29 is 14.7 Å². The van der Waals surface area contributed by atoms with Gasteiger partial charge in [0.15, 0.2) is 0 Å². The lowest BCUT2D eigenvalue weighted by Crippen LogP contribution is -2.19. The maximum Gasteiger partial charge on any atom is 0.323 e. The van der Waals surface area contributed by atoms with E-state index in [0.29, 0.717) is 5.69 Å². The molecule has 0 spiro atoms. The summed E-state index contributed by atoms with van der Waals surface area (Å²) in [7, 11) is 0. The van der Waals surface area contributed by atoms with Gasteiger partial charge in [0.25, 0.3) is 5.91 Å². The van der Waals surface area contributed by atoms with E-state index >= 15 is 0 Å². The first-order valence-electron chi connectivity index (χ1n) is 4.84.